The molecule has 0 radical (unpaired) electrons. The Bertz CT molecular complexity index is 1210. The van der Waals surface area contributed by atoms with Crippen LogP contribution in [0.4, 0.5) is 5.69 Å². The van der Waals surface area contributed by atoms with E-state index in [9.17, 15) is 14.7 Å². The Morgan fingerprint density at radius 1 is 1.20 bits per heavy atom. The van der Waals surface area contributed by atoms with Gasteiger partial charge in [-0.2, -0.15) is 0 Å². The Kier molecular flexibility index (Phi) is 4.83. The molecule has 0 saturated carbocycles. The quantitative estimate of drug-likeness (QED) is 0.563. The highest BCUT2D eigenvalue weighted by Crippen LogP contribution is 2.38. The van der Waals surface area contributed by atoms with E-state index in [0.29, 0.717) is 29.8 Å². The molecular formula is C23H26N2O4Si. The zero-order valence-electron chi connectivity index (χ0n) is 17.6. The number of benzene rings is 2. The van der Waals surface area contributed by atoms with Gasteiger partial charge in [-0.15, -0.1) is 0 Å². The number of aromatic hydroxyl groups is 1. The highest BCUT2D eigenvalue weighted by molar-refractivity contribution is 6.89. The van der Waals surface area contributed by atoms with Crippen LogP contribution >= 0.6 is 0 Å². The summed E-state index contributed by atoms with van der Waals surface area (Å²) >= 11 is 0. The number of phenolic OH excluding ortho intramolecular Hbond substituents is 1. The molecule has 7 heteroatoms. The Balaban J connectivity index is 1.78. The van der Waals surface area contributed by atoms with Gasteiger partial charge in [-0.1, -0.05) is 44.8 Å². The number of H-pyrrole nitrogens is 1. The van der Waals surface area contributed by atoms with Crippen molar-refractivity contribution in [2.24, 2.45) is 0 Å². The largest absolute Gasteiger partial charge is 0.508 e. The molecule has 2 aromatic carbocycles. The van der Waals surface area contributed by atoms with Crippen LogP contribution in [0.3, 0.4) is 0 Å². The van der Waals surface area contributed by atoms with Crippen LogP contribution < -0.4 is 15.9 Å². The molecule has 0 bridgehead atoms. The van der Waals surface area contributed by atoms with Crippen LogP contribution in [0.25, 0.3) is 10.9 Å². The van der Waals surface area contributed by atoms with E-state index in [1.165, 1.54) is 6.20 Å². The Labute approximate surface area is 175 Å². The SMILES string of the molecule is CC1(c2cc([Si](C)(C)C)c(O)cc2NC(=O)c2c[nH]c3ccccc3c2=O)COC1. The van der Waals surface area contributed by atoms with E-state index in [1.807, 2.05) is 12.1 Å². The number of hydrogen-bond acceptors (Lipinski definition) is 4. The van der Waals surface area contributed by atoms with Gasteiger partial charge in [0.1, 0.15) is 11.3 Å². The Morgan fingerprint density at radius 2 is 1.90 bits per heavy atom. The lowest BCUT2D eigenvalue weighted by Gasteiger charge is -2.40. The van der Waals surface area contributed by atoms with Crippen LogP contribution in [0.2, 0.25) is 19.6 Å². The average Bonchev–Trinajstić information content (AvgIpc) is 2.65. The highest BCUT2D eigenvalue weighted by Gasteiger charge is 2.39. The normalized spacial score (nSPS) is 15.6. The summed E-state index contributed by atoms with van der Waals surface area (Å²) in [5.41, 5.74) is 1.57. The molecule has 1 aliphatic heterocycles. The van der Waals surface area contributed by atoms with Crippen molar-refractivity contribution >= 4 is 35.8 Å². The molecule has 156 valence electrons. The first kappa shape index (κ1) is 20.4. The lowest BCUT2D eigenvalue weighted by Crippen LogP contribution is -2.46. The predicted octanol–water partition coefficient (Wildman–Crippen LogP) is 3.32. The number of carbonyl (C=O) groups excluding carboxylic acids is 1. The monoisotopic (exact) mass is 422 g/mol. The number of carbonyl (C=O) groups is 1. The number of rotatable bonds is 4. The summed E-state index contributed by atoms with van der Waals surface area (Å²) in [4.78, 5) is 28.8. The van der Waals surface area contributed by atoms with Gasteiger partial charge in [-0.3, -0.25) is 9.59 Å². The second kappa shape index (κ2) is 7.11. The third-order valence-electron chi connectivity index (χ3n) is 5.72. The maximum Gasteiger partial charge on any atom is 0.261 e. The number of pyridine rings is 1. The molecular weight excluding hydrogens is 396 g/mol. The molecule has 1 aliphatic rings. The van der Waals surface area contributed by atoms with Gasteiger partial charge in [-0.25, -0.2) is 0 Å². The van der Waals surface area contributed by atoms with E-state index in [-0.39, 0.29) is 22.2 Å². The molecule has 3 N–H and O–H groups in total. The summed E-state index contributed by atoms with van der Waals surface area (Å²) in [6, 6.07) is 10.7. The molecule has 4 rings (SSSR count). The molecule has 1 aromatic heterocycles. The standard InChI is InChI=1S/C23H26N2O4Si/c1-23(12-29-13-23)16-9-20(30(2,3)4)19(26)10-18(16)25-22(28)15-11-24-17-8-6-5-7-14(17)21(15)27/h5-11,26H,12-13H2,1-4H3,(H,24,27)(H,25,28). The Hall–Kier alpha value is -2.90. The number of nitrogens with one attached hydrogen (secondary N) is 2. The van der Waals surface area contributed by atoms with Crippen molar-refractivity contribution in [1.29, 1.82) is 0 Å². The second-order valence-corrected chi connectivity index (χ2v) is 14.3. The molecule has 6 nitrogen and oxygen atoms in total. The number of phenols is 1. The van der Waals surface area contributed by atoms with Crippen molar-refractivity contribution in [2.75, 3.05) is 18.5 Å². The Morgan fingerprint density at radius 3 is 2.53 bits per heavy atom. The van der Waals surface area contributed by atoms with E-state index in [4.69, 9.17) is 4.74 Å². The minimum atomic E-state index is -1.80. The maximum absolute atomic E-state index is 13.0. The van der Waals surface area contributed by atoms with E-state index in [0.717, 1.165) is 10.8 Å². The fourth-order valence-electron chi connectivity index (χ4n) is 3.88. The zero-order chi connectivity index (χ0) is 21.7. The van der Waals surface area contributed by atoms with E-state index >= 15 is 0 Å². The molecule has 1 fully saturated rings. The van der Waals surface area contributed by atoms with Crippen LogP contribution in [0, 0.1) is 0 Å². The number of hydrogen-bond donors (Lipinski definition) is 3. The molecule has 2 heterocycles. The number of aromatic nitrogens is 1. The predicted molar refractivity (Wildman–Crippen MR) is 122 cm³/mol. The second-order valence-electron chi connectivity index (χ2n) is 9.25. The summed E-state index contributed by atoms with van der Waals surface area (Å²) in [7, 11) is -1.80. The minimum absolute atomic E-state index is 0.0309. The molecule has 1 saturated heterocycles. The van der Waals surface area contributed by atoms with Crippen molar-refractivity contribution in [3.63, 3.8) is 0 Å². The van der Waals surface area contributed by atoms with E-state index < -0.39 is 14.0 Å². The lowest BCUT2D eigenvalue weighted by molar-refractivity contribution is -0.0496. The van der Waals surface area contributed by atoms with Crippen LogP contribution in [0.5, 0.6) is 5.75 Å². The van der Waals surface area contributed by atoms with Crippen LogP contribution in [0.15, 0.2) is 47.4 Å². The molecule has 0 unspecified atom stereocenters. The molecule has 1 amide bonds. The van der Waals surface area contributed by atoms with Crippen molar-refractivity contribution in [3.05, 3.63) is 63.9 Å². The zero-order valence-corrected chi connectivity index (χ0v) is 18.6. The number of amides is 1. The number of aromatic amines is 1. The number of anilines is 1. The number of ether oxygens (including phenoxy) is 1. The smallest absolute Gasteiger partial charge is 0.261 e. The van der Waals surface area contributed by atoms with Crippen molar-refractivity contribution in [2.45, 2.75) is 32.0 Å². The summed E-state index contributed by atoms with van der Waals surface area (Å²) in [5, 5.41) is 14.9. The van der Waals surface area contributed by atoms with Crippen LogP contribution in [-0.4, -0.2) is 37.3 Å². The van der Waals surface area contributed by atoms with Crippen molar-refractivity contribution in [3.8, 4) is 5.75 Å². The topological polar surface area (TPSA) is 91.4 Å². The summed E-state index contributed by atoms with van der Waals surface area (Å²) < 4.78 is 5.44. The van der Waals surface area contributed by atoms with Gasteiger partial charge in [0, 0.05) is 34.3 Å². The van der Waals surface area contributed by atoms with Crippen molar-refractivity contribution < 1.29 is 14.6 Å². The van der Waals surface area contributed by atoms with Crippen LogP contribution in [-0.2, 0) is 10.2 Å². The molecule has 3 aromatic rings. The number of fused-ring (bicyclic) bond motifs is 1. The van der Waals surface area contributed by atoms with Gasteiger partial charge in [0.2, 0.25) is 5.43 Å². The fraction of sp³-hybridized carbons (Fsp3) is 0.304. The van der Waals surface area contributed by atoms with Gasteiger partial charge in [0.05, 0.1) is 21.3 Å². The lowest BCUT2D eigenvalue weighted by atomic mass is 9.79. The first-order valence-electron chi connectivity index (χ1n) is 9.98. The van der Waals surface area contributed by atoms with Crippen LogP contribution in [0.1, 0.15) is 22.8 Å². The van der Waals surface area contributed by atoms with Crippen molar-refractivity contribution in [1.82, 2.24) is 4.98 Å². The molecule has 30 heavy (non-hydrogen) atoms. The van der Waals surface area contributed by atoms with Gasteiger partial charge in [0.15, 0.2) is 0 Å². The third-order valence-corrected chi connectivity index (χ3v) is 7.73. The summed E-state index contributed by atoms with van der Waals surface area (Å²) in [6.45, 7) is 9.66. The first-order chi connectivity index (χ1) is 14.1. The molecule has 0 atom stereocenters. The van der Waals surface area contributed by atoms with Gasteiger partial charge in [0.25, 0.3) is 5.91 Å². The summed E-state index contributed by atoms with van der Waals surface area (Å²) in [6.07, 6.45) is 1.43. The minimum Gasteiger partial charge on any atom is -0.508 e. The van der Waals surface area contributed by atoms with Gasteiger partial charge >= 0.3 is 0 Å². The summed E-state index contributed by atoms with van der Waals surface area (Å²) in [5.74, 6) is -0.336. The van der Waals surface area contributed by atoms with E-state index in [2.05, 4.69) is 36.9 Å². The molecule has 0 aliphatic carbocycles. The average molecular weight is 423 g/mol. The number of para-hydroxylation sites is 1. The third kappa shape index (κ3) is 3.44. The highest BCUT2D eigenvalue weighted by atomic mass is 28.3. The van der Waals surface area contributed by atoms with Gasteiger partial charge in [-0.05, 0) is 22.9 Å². The molecule has 0 spiro atoms. The fourth-order valence-corrected chi connectivity index (χ4v) is 5.30. The van der Waals surface area contributed by atoms with E-state index in [1.54, 1.807) is 24.3 Å². The maximum atomic E-state index is 13.0. The van der Waals surface area contributed by atoms with Gasteiger partial charge < -0.3 is 20.1 Å². The first-order valence-corrected chi connectivity index (χ1v) is 13.5.